The Kier molecular flexibility index (Phi) is 12.3. The Morgan fingerprint density at radius 3 is 1.03 bits per heavy atom. The molecule has 4 N–H and O–H groups in total. The number of hydrogen-bond donors (Lipinski definition) is 4. The van der Waals surface area contributed by atoms with E-state index in [1.807, 2.05) is 0 Å². The first kappa shape index (κ1) is 44.1. The average Bonchev–Trinajstić information content (AvgIpc) is 3.24. The Balaban J connectivity index is 1.16. The second kappa shape index (κ2) is 17.6. The van der Waals surface area contributed by atoms with E-state index in [-0.39, 0.29) is 67.8 Å². The number of amides is 2. The molecule has 0 unspecified atom stereocenters. The topological polar surface area (TPSA) is 151 Å². The van der Waals surface area contributed by atoms with Crippen molar-refractivity contribution >= 4 is 35.1 Å². The number of hydrogen-bond acceptors (Lipinski definition) is 6. The molecule has 6 aromatic rings. The van der Waals surface area contributed by atoms with Crippen LogP contribution < -0.4 is 20.1 Å². The van der Waals surface area contributed by atoms with Crippen molar-refractivity contribution in [2.24, 2.45) is 0 Å². The predicted molar refractivity (Wildman–Crippen MR) is 217 cm³/mol. The molecule has 0 aromatic heterocycles. The number of anilines is 2. The lowest BCUT2D eigenvalue weighted by molar-refractivity contribution is -0.288. The van der Waals surface area contributed by atoms with Crippen LogP contribution in [0, 0.1) is 24.7 Å². The van der Waals surface area contributed by atoms with Gasteiger partial charge in [0.25, 0.3) is 11.8 Å². The maximum Gasteiger partial charge on any atom is 0.411 e. The number of carboxylic acids is 2. The monoisotopic (exact) mass is 862 g/mol. The van der Waals surface area contributed by atoms with Crippen LogP contribution >= 0.6 is 0 Å². The molecule has 0 spiro atoms. The van der Waals surface area contributed by atoms with Crippen molar-refractivity contribution in [3.05, 3.63) is 178 Å². The largest absolute Gasteiger partial charge is 0.478 e. The molecule has 0 aliphatic rings. The van der Waals surface area contributed by atoms with E-state index in [9.17, 15) is 55.7 Å². The number of rotatable bonds is 12. The van der Waals surface area contributed by atoms with E-state index in [1.54, 1.807) is 0 Å². The summed E-state index contributed by atoms with van der Waals surface area (Å²) in [5.74, 6) is 0.236. The van der Waals surface area contributed by atoms with Gasteiger partial charge in [-0.05, 0) is 120 Å². The first-order valence-corrected chi connectivity index (χ1v) is 18.1. The highest BCUT2D eigenvalue weighted by molar-refractivity contribution is 6.11. The highest BCUT2D eigenvalue weighted by atomic mass is 19.4. The van der Waals surface area contributed by atoms with Gasteiger partial charge in [-0.3, -0.25) is 9.59 Å². The standard InChI is InChI=1S/C47H28F6N2O8/c1-3-27-5-23-37(39(25-27)43(58)59)41(56)54-31-11-19-35(20-12-31)62-33-15-7-29(8-16-33)45(46(48,49)50,47(51,52)53)30-9-17-34(18-10-30)63-36-21-13-32(14-22-36)55-42(57)38-24-6-28(4-2)26-40(38)44(60)61/h1-2,5-26H,(H,54,56)(H,55,57)(H,58,59)(H,60,61). The quantitative estimate of drug-likeness (QED) is 0.0701. The third kappa shape index (κ3) is 9.30. The molecule has 0 bridgehead atoms. The fourth-order valence-corrected chi connectivity index (χ4v) is 6.43. The molecule has 0 radical (unpaired) electrons. The van der Waals surface area contributed by atoms with Crippen LogP contribution in [0.1, 0.15) is 63.7 Å². The van der Waals surface area contributed by atoms with Gasteiger partial charge in [0.15, 0.2) is 0 Å². The Hall–Kier alpha value is -8.50. The molecule has 6 rings (SSSR count). The number of carbonyl (C=O) groups excluding carboxylic acids is 2. The van der Waals surface area contributed by atoms with Gasteiger partial charge in [0.1, 0.15) is 23.0 Å². The van der Waals surface area contributed by atoms with Crippen molar-refractivity contribution in [3.63, 3.8) is 0 Å². The van der Waals surface area contributed by atoms with E-state index in [2.05, 4.69) is 22.5 Å². The second-order valence-corrected chi connectivity index (χ2v) is 13.4. The van der Waals surface area contributed by atoms with Crippen LogP contribution in [0.3, 0.4) is 0 Å². The summed E-state index contributed by atoms with van der Waals surface area (Å²) in [6, 6.07) is 24.9. The van der Waals surface area contributed by atoms with Crippen LogP contribution in [0.15, 0.2) is 133 Å². The zero-order chi connectivity index (χ0) is 45.7. The lowest BCUT2D eigenvalue weighted by atomic mass is 9.73. The summed E-state index contributed by atoms with van der Waals surface area (Å²) in [7, 11) is 0. The third-order valence-corrected chi connectivity index (χ3v) is 9.44. The molecule has 0 aliphatic heterocycles. The van der Waals surface area contributed by atoms with E-state index >= 15 is 0 Å². The van der Waals surface area contributed by atoms with Crippen LogP contribution in [0.2, 0.25) is 0 Å². The first-order chi connectivity index (χ1) is 29.8. The molecule has 0 atom stereocenters. The summed E-state index contributed by atoms with van der Waals surface area (Å²) in [5, 5.41) is 24.0. The summed E-state index contributed by atoms with van der Waals surface area (Å²) in [5.41, 5.74) is -6.87. The Morgan fingerprint density at radius 2 is 0.762 bits per heavy atom. The lowest BCUT2D eigenvalue weighted by Gasteiger charge is -2.38. The maximum atomic E-state index is 14.9. The van der Waals surface area contributed by atoms with Crippen molar-refractivity contribution in [2.45, 2.75) is 17.8 Å². The molecule has 0 saturated heterocycles. The molecule has 6 aromatic carbocycles. The number of carbonyl (C=O) groups is 4. The van der Waals surface area contributed by atoms with Gasteiger partial charge in [-0.25, -0.2) is 9.59 Å². The van der Waals surface area contributed by atoms with Crippen molar-refractivity contribution in [2.75, 3.05) is 10.6 Å². The van der Waals surface area contributed by atoms with Gasteiger partial charge in [-0.15, -0.1) is 12.8 Å². The van der Waals surface area contributed by atoms with Crippen molar-refractivity contribution < 1.29 is 65.2 Å². The van der Waals surface area contributed by atoms with E-state index in [0.29, 0.717) is 24.3 Å². The smallest absolute Gasteiger partial charge is 0.411 e. The molecule has 2 amide bonds. The number of halogens is 6. The number of benzene rings is 6. The van der Waals surface area contributed by atoms with Crippen LogP contribution in [0.4, 0.5) is 37.7 Å². The van der Waals surface area contributed by atoms with Crippen LogP contribution in [0.25, 0.3) is 0 Å². The fourth-order valence-electron chi connectivity index (χ4n) is 6.43. The van der Waals surface area contributed by atoms with E-state index in [0.717, 1.165) is 24.3 Å². The number of terminal acetylenes is 2. The molecule has 16 heteroatoms. The molecule has 0 fully saturated rings. The van der Waals surface area contributed by atoms with E-state index < -0.39 is 52.6 Å². The molecular weight excluding hydrogens is 835 g/mol. The number of ether oxygens (including phenoxy) is 2. The predicted octanol–water partition coefficient (Wildman–Crippen LogP) is 10.5. The first-order valence-electron chi connectivity index (χ1n) is 18.1. The van der Waals surface area contributed by atoms with Gasteiger partial charge in [-0.1, -0.05) is 36.1 Å². The maximum absolute atomic E-state index is 14.9. The number of alkyl halides is 6. The number of carboxylic acid groups (broad SMARTS) is 2. The molecule has 0 heterocycles. The van der Waals surface area contributed by atoms with Crippen LogP contribution in [-0.2, 0) is 5.41 Å². The minimum atomic E-state index is -5.89. The van der Waals surface area contributed by atoms with Gasteiger partial charge in [0, 0.05) is 22.5 Å². The SMILES string of the molecule is C#Cc1ccc(C(=O)Nc2ccc(Oc3ccc(C(c4ccc(Oc5ccc(NC(=O)c6ccc(C#C)cc6C(=O)O)cc5)cc4)(C(F)(F)F)C(F)(F)F)cc3)cc2)c(C(=O)O)c1. The van der Waals surface area contributed by atoms with Crippen LogP contribution in [0.5, 0.6) is 23.0 Å². The lowest BCUT2D eigenvalue weighted by Crippen LogP contribution is -2.54. The molecule has 63 heavy (non-hydrogen) atoms. The summed E-state index contributed by atoms with van der Waals surface area (Å²) in [6.07, 6.45) is -1.15. The van der Waals surface area contributed by atoms with Gasteiger partial charge in [-0.2, -0.15) is 26.3 Å². The highest BCUT2D eigenvalue weighted by Gasteiger charge is 2.72. The normalized spacial score (nSPS) is 11.4. The van der Waals surface area contributed by atoms with Crippen molar-refractivity contribution in [1.82, 2.24) is 0 Å². The second-order valence-electron chi connectivity index (χ2n) is 13.4. The Labute approximate surface area is 353 Å². The van der Waals surface area contributed by atoms with E-state index in [1.165, 1.54) is 84.9 Å². The molecule has 0 saturated carbocycles. The molecular formula is C47H28F6N2O8. The molecule has 0 aliphatic carbocycles. The minimum Gasteiger partial charge on any atom is -0.478 e. The minimum absolute atomic E-state index is 0.0967. The van der Waals surface area contributed by atoms with Crippen molar-refractivity contribution in [1.29, 1.82) is 0 Å². The van der Waals surface area contributed by atoms with Crippen molar-refractivity contribution in [3.8, 4) is 47.7 Å². The Bertz CT molecular complexity index is 2610. The van der Waals surface area contributed by atoms with Gasteiger partial charge in [0.05, 0.1) is 22.3 Å². The van der Waals surface area contributed by atoms with Crippen LogP contribution in [-0.4, -0.2) is 46.3 Å². The summed E-state index contributed by atoms with van der Waals surface area (Å²) in [6.45, 7) is 0. The van der Waals surface area contributed by atoms with E-state index in [4.69, 9.17) is 22.3 Å². The summed E-state index contributed by atoms with van der Waals surface area (Å²) in [4.78, 5) is 49.0. The van der Waals surface area contributed by atoms with Gasteiger partial charge < -0.3 is 30.3 Å². The summed E-state index contributed by atoms with van der Waals surface area (Å²) < 4.78 is 101. The molecule has 10 nitrogen and oxygen atoms in total. The highest BCUT2D eigenvalue weighted by Crippen LogP contribution is 2.56. The van der Waals surface area contributed by atoms with Gasteiger partial charge in [0.2, 0.25) is 5.41 Å². The Morgan fingerprint density at radius 1 is 0.460 bits per heavy atom. The third-order valence-electron chi connectivity index (χ3n) is 9.44. The van der Waals surface area contributed by atoms with Gasteiger partial charge >= 0.3 is 24.3 Å². The fraction of sp³-hybridized carbons (Fsp3) is 0.0638. The summed E-state index contributed by atoms with van der Waals surface area (Å²) >= 11 is 0. The number of nitrogens with one attached hydrogen (secondary N) is 2. The zero-order valence-corrected chi connectivity index (χ0v) is 32.0. The number of aromatic carboxylic acids is 2. The average molecular weight is 863 g/mol. The zero-order valence-electron chi connectivity index (χ0n) is 32.0. The molecule has 316 valence electrons.